The molecule has 2 aliphatic heterocycles. The molecule has 6 heteroatoms. The Morgan fingerprint density at radius 1 is 0.694 bits per heavy atom. The molecule has 0 aromatic heterocycles. The van der Waals surface area contributed by atoms with Crippen LogP contribution in [0.5, 0.6) is 0 Å². The van der Waals surface area contributed by atoms with E-state index in [4.69, 9.17) is 12.2 Å². The molecule has 0 N–H and O–H groups in total. The fraction of sp³-hybridized carbons (Fsp3) is 0.233. The van der Waals surface area contributed by atoms with Crippen LogP contribution in [0.15, 0.2) is 72.3 Å². The molecule has 2 heterocycles. The molecule has 0 radical (unpaired) electrons. The van der Waals surface area contributed by atoms with Gasteiger partial charge in [0.1, 0.15) is 5.57 Å². The predicted octanol–water partition coefficient (Wildman–Crippen LogP) is 5.96. The van der Waals surface area contributed by atoms with Gasteiger partial charge in [0.25, 0.3) is 11.8 Å². The minimum absolute atomic E-state index is 0.0858. The van der Waals surface area contributed by atoms with Gasteiger partial charge in [-0.2, -0.15) is 0 Å². The molecular weight excluding hydrogens is 466 g/mol. The van der Waals surface area contributed by atoms with Crippen molar-refractivity contribution in [1.82, 2.24) is 0 Å². The van der Waals surface area contributed by atoms with Gasteiger partial charge in [-0.25, -0.2) is 0 Å². The molecule has 2 aliphatic rings. The Hall–Kier alpha value is -3.77. The summed E-state index contributed by atoms with van der Waals surface area (Å²) >= 11 is 5.74. The first kappa shape index (κ1) is 23.9. The zero-order valence-electron chi connectivity index (χ0n) is 20.8. The fourth-order valence-corrected chi connectivity index (χ4v) is 5.15. The smallest absolute Gasteiger partial charge is 0.270 e. The van der Waals surface area contributed by atoms with Gasteiger partial charge in [-0.3, -0.25) is 19.4 Å². The number of thiocarbonyl (C=S) groups is 1. The summed E-state index contributed by atoms with van der Waals surface area (Å²) in [5, 5.41) is 0.151. The molecular formula is C30H29N3O2S. The van der Waals surface area contributed by atoms with Crippen molar-refractivity contribution in [2.75, 3.05) is 27.8 Å². The number of rotatable bonds is 4. The Morgan fingerprint density at radius 2 is 1.31 bits per heavy atom. The monoisotopic (exact) mass is 495 g/mol. The molecule has 5 rings (SSSR count). The highest BCUT2D eigenvalue weighted by Gasteiger charge is 2.41. The van der Waals surface area contributed by atoms with E-state index in [0.29, 0.717) is 11.4 Å². The fourth-order valence-electron chi connectivity index (χ4n) is 4.78. The van der Waals surface area contributed by atoms with Crippen molar-refractivity contribution >= 4 is 52.3 Å². The minimum Gasteiger partial charge on any atom is -0.372 e. The maximum atomic E-state index is 13.8. The molecule has 2 fully saturated rings. The second kappa shape index (κ2) is 9.70. The maximum absolute atomic E-state index is 13.8. The number of nitrogens with zero attached hydrogens (tertiary/aromatic N) is 3. The van der Waals surface area contributed by atoms with E-state index in [0.717, 1.165) is 35.3 Å². The van der Waals surface area contributed by atoms with Crippen LogP contribution in [0.1, 0.15) is 35.1 Å². The average Bonchev–Trinajstić information content (AvgIpc) is 3.41. The molecule has 5 nitrogen and oxygen atoms in total. The number of anilines is 3. The Morgan fingerprint density at radius 3 is 1.94 bits per heavy atom. The topological polar surface area (TPSA) is 43.9 Å². The van der Waals surface area contributed by atoms with Gasteiger partial charge in [0.2, 0.25) is 0 Å². The standard InChI is InChI=1S/C30H29N3O2S/c1-20-11-13-26(17-21(20)2)33-29(35)27(28(34)32(30(33)36)24-9-5-4-6-10-24)19-23-12-14-25(18-22(23)3)31-15-7-8-16-31/h4-6,9-14,17-19H,7-8,15-16H2,1-3H3/b27-19-. The van der Waals surface area contributed by atoms with Crippen molar-refractivity contribution in [2.45, 2.75) is 33.6 Å². The van der Waals surface area contributed by atoms with Crippen LogP contribution in [0.4, 0.5) is 17.1 Å². The number of benzene rings is 3. The number of aryl methyl sites for hydroxylation is 3. The molecule has 0 spiro atoms. The lowest BCUT2D eigenvalue weighted by Crippen LogP contribution is -2.57. The number of carbonyl (C=O) groups is 2. The molecule has 0 unspecified atom stereocenters. The number of para-hydroxylation sites is 1. The van der Waals surface area contributed by atoms with Crippen molar-refractivity contribution in [3.05, 3.63) is 94.6 Å². The summed E-state index contributed by atoms with van der Waals surface area (Å²) in [6.07, 6.45) is 4.12. The summed E-state index contributed by atoms with van der Waals surface area (Å²) < 4.78 is 0. The molecule has 0 aliphatic carbocycles. The van der Waals surface area contributed by atoms with E-state index in [1.54, 1.807) is 6.08 Å². The van der Waals surface area contributed by atoms with Crippen molar-refractivity contribution in [3.8, 4) is 0 Å². The summed E-state index contributed by atoms with van der Waals surface area (Å²) in [7, 11) is 0. The van der Waals surface area contributed by atoms with Gasteiger partial charge < -0.3 is 4.90 Å². The number of amides is 2. The summed E-state index contributed by atoms with van der Waals surface area (Å²) in [5.41, 5.74) is 6.56. The van der Waals surface area contributed by atoms with Gasteiger partial charge in [-0.1, -0.05) is 30.3 Å². The molecule has 3 aromatic rings. The molecule has 3 aromatic carbocycles. The van der Waals surface area contributed by atoms with E-state index in [-0.39, 0.29) is 10.7 Å². The minimum atomic E-state index is -0.417. The first-order valence-electron chi connectivity index (χ1n) is 12.3. The molecule has 0 atom stereocenters. The molecule has 0 bridgehead atoms. The summed E-state index contributed by atoms with van der Waals surface area (Å²) in [6, 6.07) is 21.2. The third kappa shape index (κ3) is 4.33. The highest BCUT2D eigenvalue weighted by molar-refractivity contribution is 7.81. The van der Waals surface area contributed by atoms with Crippen LogP contribution < -0.4 is 14.7 Å². The van der Waals surface area contributed by atoms with Crippen LogP contribution >= 0.6 is 12.2 Å². The van der Waals surface area contributed by atoms with E-state index in [1.165, 1.54) is 28.3 Å². The van der Waals surface area contributed by atoms with Crippen molar-refractivity contribution in [3.63, 3.8) is 0 Å². The normalized spacial score (nSPS) is 17.5. The van der Waals surface area contributed by atoms with Crippen molar-refractivity contribution < 1.29 is 9.59 Å². The van der Waals surface area contributed by atoms with Gasteiger partial charge in [-0.05, 0) is 111 Å². The van der Waals surface area contributed by atoms with E-state index in [9.17, 15) is 9.59 Å². The highest BCUT2D eigenvalue weighted by Crippen LogP contribution is 2.32. The SMILES string of the molecule is Cc1ccc(N2C(=O)/C(=C\c3ccc(N4CCCC4)cc3C)C(=O)N(c3ccccc3)C2=S)cc1C. The number of hydrogen-bond acceptors (Lipinski definition) is 4. The zero-order valence-corrected chi connectivity index (χ0v) is 21.6. The first-order chi connectivity index (χ1) is 17.3. The number of carbonyl (C=O) groups excluding carboxylic acids is 2. The van der Waals surface area contributed by atoms with Crippen LogP contribution in [0.25, 0.3) is 6.08 Å². The van der Waals surface area contributed by atoms with Crippen LogP contribution in [-0.4, -0.2) is 30.0 Å². The lowest BCUT2D eigenvalue weighted by molar-refractivity contribution is -0.120. The Labute approximate surface area is 217 Å². The van der Waals surface area contributed by atoms with Gasteiger partial charge >= 0.3 is 0 Å². The van der Waals surface area contributed by atoms with Crippen LogP contribution in [0, 0.1) is 20.8 Å². The second-order valence-electron chi connectivity index (χ2n) is 9.46. The molecule has 2 saturated heterocycles. The molecule has 182 valence electrons. The van der Waals surface area contributed by atoms with Crippen LogP contribution in [-0.2, 0) is 9.59 Å². The van der Waals surface area contributed by atoms with Crippen molar-refractivity contribution in [2.24, 2.45) is 0 Å². The van der Waals surface area contributed by atoms with Crippen molar-refractivity contribution in [1.29, 1.82) is 0 Å². The third-order valence-electron chi connectivity index (χ3n) is 7.04. The highest BCUT2D eigenvalue weighted by atomic mass is 32.1. The largest absolute Gasteiger partial charge is 0.372 e. The van der Waals surface area contributed by atoms with Gasteiger partial charge in [0, 0.05) is 18.8 Å². The first-order valence-corrected chi connectivity index (χ1v) is 12.7. The average molecular weight is 496 g/mol. The maximum Gasteiger partial charge on any atom is 0.270 e. The third-order valence-corrected chi connectivity index (χ3v) is 7.40. The van der Waals surface area contributed by atoms with Crippen LogP contribution in [0.2, 0.25) is 0 Å². The molecule has 36 heavy (non-hydrogen) atoms. The zero-order chi connectivity index (χ0) is 25.4. The molecule has 0 saturated carbocycles. The van der Waals surface area contributed by atoms with Crippen LogP contribution in [0.3, 0.4) is 0 Å². The Balaban J connectivity index is 1.60. The van der Waals surface area contributed by atoms with E-state index >= 15 is 0 Å². The summed E-state index contributed by atoms with van der Waals surface area (Å²) in [5.74, 6) is -0.831. The molecule has 2 amide bonds. The quantitative estimate of drug-likeness (QED) is 0.254. The number of hydrogen-bond donors (Lipinski definition) is 0. The Kier molecular flexibility index (Phi) is 6.46. The predicted molar refractivity (Wildman–Crippen MR) is 151 cm³/mol. The second-order valence-corrected chi connectivity index (χ2v) is 9.83. The van der Waals surface area contributed by atoms with Gasteiger partial charge in [-0.15, -0.1) is 0 Å². The Bertz CT molecular complexity index is 1390. The lowest BCUT2D eigenvalue weighted by atomic mass is 10.0. The summed E-state index contributed by atoms with van der Waals surface area (Å²) in [6.45, 7) is 8.16. The summed E-state index contributed by atoms with van der Waals surface area (Å²) in [4.78, 5) is 32.9. The van der Waals surface area contributed by atoms with E-state index in [1.807, 2.05) is 75.4 Å². The van der Waals surface area contributed by atoms with E-state index < -0.39 is 11.8 Å². The van der Waals surface area contributed by atoms with E-state index in [2.05, 4.69) is 17.0 Å². The van der Waals surface area contributed by atoms with Gasteiger partial charge in [0.15, 0.2) is 5.11 Å². The van der Waals surface area contributed by atoms with Gasteiger partial charge in [0.05, 0.1) is 11.4 Å². The lowest BCUT2D eigenvalue weighted by Gasteiger charge is -2.36.